The Kier molecular flexibility index (Phi) is 5.43. The number of carbonyl (C=O) groups is 1. The second-order valence-electron chi connectivity index (χ2n) is 4.72. The Bertz CT molecular complexity index is 574. The van der Waals surface area contributed by atoms with E-state index in [-0.39, 0.29) is 12.2 Å². The minimum absolute atomic E-state index is 0.0403. The van der Waals surface area contributed by atoms with E-state index in [1.165, 1.54) is 5.56 Å². The van der Waals surface area contributed by atoms with Gasteiger partial charge in [0.05, 0.1) is 6.61 Å². The number of unbranched alkanes of at least 4 members (excludes halogenated alkanes) is 1. The minimum atomic E-state index is -0.847. The van der Waals surface area contributed by atoms with Gasteiger partial charge in [0.15, 0.2) is 17.4 Å². The van der Waals surface area contributed by atoms with Crippen LogP contribution in [0.5, 0.6) is 5.75 Å². The van der Waals surface area contributed by atoms with Crippen LogP contribution in [0.2, 0.25) is 0 Å². The van der Waals surface area contributed by atoms with Crippen LogP contribution in [0.4, 0.5) is 8.78 Å². The van der Waals surface area contributed by atoms with Crippen LogP contribution < -0.4 is 4.74 Å². The van der Waals surface area contributed by atoms with Crippen molar-refractivity contribution in [3.63, 3.8) is 0 Å². The molecule has 0 amide bonds. The number of aldehydes is 1. The number of halogens is 2. The molecule has 0 radical (unpaired) electrons. The summed E-state index contributed by atoms with van der Waals surface area (Å²) in [6.07, 6.45) is 2.87. The first-order valence-corrected chi connectivity index (χ1v) is 6.81. The van der Waals surface area contributed by atoms with Gasteiger partial charge in [-0.05, 0) is 37.0 Å². The molecule has 0 aromatic heterocycles. The number of hydrogen-bond donors (Lipinski definition) is 0. The molecular weight excluding hydrogens is 274 g/mol. The van der Waals surface area contributed by atoms with Gasteiger partial charge in [-0.15, -0.1) is 0 Å². The molecule has 4 heteroatoms. The second kappa shape index (κ2) is 7.53. The van der Waals surface area contributed by atoms with Crippen LogP contribution in [0.1, 0.15) is 28.8 Å². The second-order valence-corrected chi connectivity index (χ2v) is 4.72. The van der Waals surface area contributed by atoms with Gasteiger partial charge in [0, 0.05) is 5.56 Å². The van der Waals surface area contributed by atoms with Crippen LogP contribution >= 0.6 is 0 Å². The highest BCUT2D eigenvalue weighted by atomic mass is 19.1. The van der Waals surface area contributed by atoms with Crippen molar-refractivity contribution < 1.29 is 18.3 Å². The van der Waals surface area contributed by atoms with E-state index in [9.17, 15) is 13.6 Å². The average Bonchev–Trinajstić information content (AvgIpc) is 2.50. The molecule has 2 aromatic rings. The summed E-state index contributed by atoms with van der Waals surface area (Å²) in [6, 6.07) is 11.9. The Hall–Kier alpha value is -2.23. The lowest BCUT2D eigenvalue weighted by Gasteiger charge is -2.09. The highest BCUT2D eigenvalue weighted by Gasteiger charge is 2.12. The number of carbonyl (C=O) groups excluding carboxylic acids is 1. The fourth-order valence-corrected chi connectivity index (χ4v) is 2.04. The van der Waals surface area contributed by atoms with Crippen LogP contribution in [0.15, 0.2) is 42.5 Å². The van der Waals surface area contributed by atoms with Crippen molar-refractivity contribution in [2.45, 2.75) is 19.3 Å². The molecule has 0 bridgehead atoms. The number of aryl methyl sites for hydroxylation is 1. The largest absolute Gasteiger partial charge is 0.488 e. The van der Waals surface area contributed by atoms with Gasteiger partial charge in [-0.2, -0.15) is 0 Å². The van der Waals surface area contributed by atoms with Gasteiger partial charge in [0.25, 0.3) is 0 Å². The average molecular weight is 290 g/mol. The number of hydrogen-bond acceptors (Lipinski definition) is 2. The summed E-state index contributed by atoms with van der Waals surface area (Å²) in [6.45, 7) is 0.237. The molecule has 0 saturated heterocycles. The first-order chi connectivity index (χ1) is 10.2. The van der Waals surface area contributed by atoms with E-state index in [4.69, 9.17) is 4.74 Å². The lowest BCUT2D eigenvalue weighted by molar-refractivity contribution is 0.112. The van der Waals surface area contributed by atoms with Crippen LogP contribution in [0.3, 0.4) is 0 Å². The maximum Gasteiger partial charge on any atom is 0.190 e. The Morgan fingerprint density at radius 1 is 1.00 bits per heavy atom. The molecule has 0 aliphatic carbocycles. The molecule has 21 heavy (non-hydrogen) atoms. The van der Waals surface area contributed by atoms with Gasteiger partial charge >= 0.3 is 0 Å². The van der Waals surface area contributed by atoms with Gasteiger partial charge in [-0.3, -0.25) is 4.79 Å². The van der Waals surface area contributed by atoms with Crippen LogP contribution in [0, 0.1) is 11.6 Å². The molecule has 0 saturated carbocycles. The molecule has 0 atom stereocenters. The normalized spacial score (nSPS) is 10.4. The summed E-state index contributed by atoms with van der Waals surface area (Å²) in [4.78, 5) is 10.5. The quantitative estimate of drug-likeness (QED) is 0.565. The summed E-state index contributed by atoms with van der Waals surface area (Å²) in [7, 11) is 0. The molecule has 0 aliphatic heterocycles. The Balaban J connectivity index is 1.80. The van der Waals surface area contributed by atoms with Gasteiger partial charge in [0.1, 0.15) is 6.29 Å². The van der Waals surface area contributed by atoms with Crippen LogP contribution in [0.25, 0.3) is 0 Å². The molecule has 2 rings (SSSR count). The summed E-state index contributed by atoms with van der Waals surface area (Å²) in [5.41, 5.74) is 1.19. The maximum absolute atomic E-state index is 13.5. The molecule has 0 unspecified atom stereocenters. The predicted molar refractivity (Wildman–Crippen MR) is 76.6 cm³/mol. The number of rotatable bonds is 7. The third kappa shape index (κ3) is 4.38. The first-order valence-electron chi connectivity index (χ1n) is 6.81. The van der Waals surface area contributed by atoms with Crippen molar-refractivity contribution in [1.82, 2.24) is 0 Å². The molecular formula is C17H16F2O2. The molecule has 0 spiro atoms. The molecule has 2 aromatic carbocycles. The SMILES string of the molecule is O=Cc1cc(F)c(OCCCCc2ccccc2)c(F)c1. The van der Waals surface area contributed by atoms with E-state index in [1.807, 2.05) is 30.3 Å². The van der Waals surface area contributed by atoms with Crippen molar-refractivity contribution in [3.05, 3.63) is 65.2 Å². The smallest absolute Gasteiger partial charge is 0.190 e. The minimum Gasteiger partial charge on any atom is -0.488 e. The van der Waals surface area contributed by atoms with Gasteiger partial charge in [0.2, 0.25) is 0 Å². The number of ether oxygens (including phenoxy) is 1. The highest BCUT2D eigenvalue weighted by Crippen LogP contribution is 2.23. The lowest BCUT2D eigenvalue weighted by Crippen LogP contribution is -2.03. The fourth-order valence-electron chi connectivity index (χ4n) is 2.04. The Morgan fingerprint density at radius 2 is 1.67 bits per heavy atom. The summed E-state index contributed by atoms with van der Waals surface area (Å²) in [5, 5.41) is 0. The van der Waals surface area contributed by atoms with E-state index < -0.39 is 17.4 Å². The van der Waals surface area contributed by atoms with Crippen molar-refractivity contribution in [2.75, 3.05) is 6.61 Å². The standard InChI is InChI=1S/C17H16F2O2/c18-15-10-14(12-20)11-16(19)17(15)21-9-5-4-8-13-6-2-1-3-7-13/h1-3,6-7,10-12H,4-5,8-9H2. The molecule has 0 fully saturated rings. The molecule has 0 aliphatic rings. The molecule has 2 nitrogen and oxygen atoms in total. The van der Waals surface area contributed by atoms with Crippen molar-refractivity contribution in [2.24, 2.45) is 0 Å². The molecule has 0 N–H and O–H groups in total. The topological polar surface area (TPSA) is 26.3 Å². The van der Waals surface area contributed by atoms with Crippen molar-refractivity contribution in [1.29, 1.82) is 0 Å². The summed E-state index contributed by atoms with van der Waals surface area (Å²) >= 11 is 0. The van der Waals surface area contributed by atoms with Crippen LogP contribution in [-0.4, -0.2) is 12.9 Å². The van der Waals surface area contributed by atoms with E-state index in [0.29, 0.717) is 12.7 Å². The predicted octanol–water partition coefficient (Wildman–Crippen LogP) is 4.18. The third-order valence-electron chi connectivity index (χ3n) is 3.11. The van der Waals surface area contributed by atoms with E-state index in [0.717, 1.165) is 25.0 Å². The van der Waals surface area contributed by atoms with Crippen molar-refractivity contribution in [3.8, 4) is 5.75 Å². The Labute approximate surface area is 122 Å². The maximum atomic E-state index is 13.5. The fraction of sp³-hybridized carbons (Fsp3) is 0.235. The third-order valence-corrected chi connectivity index (χ3v) is 3.11. The molecule has 0 heterocycles. The Morgan fingerprint density at radius 3 is 2.29 bits per heavy atom. The summed E-state index contributed by atoms with van der Waals surface area (Å²) < 4.78 is 32.2. The van der Waals surface area contributed by atoms with Crippen molar-refractivity contribution >= 4 is 6.29 Å². The zero-order valence-corrected chi connectivity index (χ0v) is 11.5. The van der Waals surface area contributed by atoms with E-state index >= 15 is 0 Å². The van der Waals surface area contributed by atoms with E-state index in [1.54, 1.807) is 0 Å². The lowest BCUT2D eigenvalue weighted by atomic mass is 10.1. The molecule has 110 valence electrons. The van der Waals surface area contributed by atoms with Crippen LogP contribution in [-0.2, 0) is 6.42 Å². The zero-order chi connectivity index (χ0) is 15.1. The van der Waals surface area contributed by atoms with Gasteiger partial charge in [-0.25, -0.2) is 8.78 Å². The first kappa shape index (κ1) is 15.2. The van der Waals surface area contributed by atoms with E-state index in [2.05, 4.69) is 0 Å². The highest BCUT2D eigenvalue weighted by molar-refractivity contribution is 5.75. The zero-order valence-electron chi connectivity index (χ0n) is 11.5. The van der Waals surface area contributed by atoms with Gasteiger partial charge in [-0.1, -0.05) is 30.3 Å². The number of benzene rings is 2. The van der Waals surface area contributed by atoms with Gasteiger partial charge < -0.3 is 4.74 Å². The monoisotopic (exact) mass is 290 g/mol. The summed E-state index contributed by atoms with van der Waals surface area (Å²) in [5.74, 6) is -2.11.